The van der Waals surface area contributed by atoms with Crippen molar-refractivity contribution >= 4 is 23.4 Å². The predicted molar refractivity (Wildman–Crippen MR) is 150 cm³/mol. The Labute approximate surface area is 228 Å². The predicted octanol–water partition coefficient (Wildman–Crippen LogP) is 4.02. The molecule has 0 fully saturated rings. The van der Waals surface area contributed by atoms with E-state index in [1.165, 1.54) is 0 Å². The summed E-state index contributed by atoms with van der Waals surface area (Å²) in [5.41, 5.74) is 2.68. The van der Waals surface area contributed by atoms with Crippen molar-refractivity contribution in [2.75, 3.05) is 26.8 Å². The van der Waals surface area contributed by atoms with E-state index in [0.717, 1.165) is 48.9 Å². The summed E-state index contributed by atoms with van der Waals surface area (Å²) in [5, 5.41) is 8.65. The quantitative estimate of drug-likeness (QED) is 0.164. The monoisotopic (exact) mass is 529 g/mol. The van der Waals surface area contributed by atoms with Crippen LogP contribution in [0.5, 0.6) is 0 Å². The molecule has 0 spiro atoms. The van der Waals surface area contributed by atoms with Crippen LogP contribution in [0.1, 0.15) is 83.3 Å². The Kier molecular flexibility index (Phi) is 17.4. The number of rotatable bonds is 21. The first-order chi connectivity index (χ1) is 18.3. The minimum Gasteiger partial charge on any atom is -0.392 e. The molecule has 1 unspecified atom stereocenters. The number of amides is 2. The maximum Gasteiger partial charge on any atom is 0.246 e. The molecule has 1 aromatic carbocycles. The van der Waals surface area contributed by atoms with Crippen molar-refractivity contribution in [3.63, 3.8) is 0 Å². The van der Waals surface area contributed by atoms with Gasteiger partial charge < -0.3 is 20.7 Å². The van der Waals surface area contributed by atoms with Gasteiger partial charge in [0.1, 0.15) is 12.4 Å². The van der Waals surface area contributed by atoms with Crippen molar-refractivity contribution in [1.82, 2.24) is 16.0 Å². The Morgan fingerprint density at radius 3 is 2.29 bits per heavy atom. The van der Waals surface area contributed by atoms with Gasteiger partial charge in [0.05, 0.1) is 0 Å². The third-order valence-corrected chi connectivity index (χ3v) is 6.33. The second-order valence-corrected chi connectivity index (χ2v) is 9.62. The van der Waals surface area contributed by atoms with E-state index < -0.39 is 0 Å². The molecule has 1 rings (SSSR count). The van der Waals surface area contributed by atoms with Crippen LogP contribution in [0.4, 0.5) is 0 Å². The molecule has 212 valence electrons. The van der Waals surface area contributed by atoms with Crippen LogP contribution >= 0.6 is 0 Å². The highest BCUT2D eigenvalue weighted by Gasteiger charge is 2.15. The van der Waals surface area contributed by atoms with Crippen LogP contribution in [0.3, 0.4) is 0 Å². The van der Waals surface area contributed by atoms with E-state index in [-0.39, 0.29) is 30.1 Å². The summed E-state index contributed by atoms with van der Waals surface area (Å²) in [4.78, 5) is 47.9. The molecule has 0 saturated carbocycles. The molecule has 0 heterocycles. The normalized spacial score (nSPS) is 12.1. The van der Waals surface area contributed by atoms with Crippen molar-refractivity contribution < 1.29 is 23.9 Å². The first-order valence-corrected chi connectivity index (χ1v) is 13.9. The highest BCUT2D eigenvalue weighted by Crippen LogP contribution is 2.17. The van der Waals surface area contributed by atoms with E-state index in [9.17, 15) is 19.2 Å². The van der Waals surface area contributed by atoms with Crippen molar-refractivity contribution in [3.05, 3.63) is 47.2 Å². The van der Waals surface area contributed by atoms with Crippen molar-refractivity contribution in [3.8, 4) is 0 Å². The Morgan fingerprint density at radius 1 is 0.921 bits per heavy atom. The Balaban J connectivity index is 2.12. The van der Waals surface area contributed by atoms with Gasteiger partial charge in [0.15, 0.2) is 5.78 Å². The zero-order valence-corrected chi connectivity index (χ0v) is 23.7. The minimum absolute atomic E-state index is 0.0221. The van der Waals surface area contributed by atoms with Crippen LogP contribution in [-0.2, 0) is 36.9 Å². The zero-order chi connectivity index (χ0) is 28.2. The fraction of sp³-hybridized carbons (Fsp3) is 0.600. The van der Waals surface area contributed by atoms with E-state index in [1.54, 1.807) is 13.1 Å². The summed E-state index contributed by atoms with van der Waals surface area (Å²) in [5.74, 6) is 0.296. The van der Waals surface area contributed by atoms with Crippen LogP contribution < -0.4 is 16.0 Å². The van der Waals surface area contributed by atoms with Gasteiger partial charge in [0, 0.05) is 63.7 Å². The van der Waals surface area contributed by atoms with Crippen molar-refractivity contribution in [2.45, 2.75) is 85.1 Å². The summed E-state index contributed by atoms with van der Waals surface area (Å²) in [6.45, 7) is 7.14. The standard InChI is InChI=1S/C30H47N3O5/c1-5-10-26(28(35)6-2)11-7-8-17-32-29(36)12-9-18-38-22-30(37)33-21-25-15-13-24(14-16-25)20-27(34)19-23(3)31-4/h13-16,19,26,31H,5-12,17-18,20-22H2,1-4H3,(H,32,36)(H,33,37)/b23-19-. The van der Waals surface area contributed by atoms with Gasteiger partial charge in [-0.25, -0.2) is 0 Å². The topological polar surface area (TPSA) is 114 Å². The summed E-state index contributed by atoms with van der Waals surface area (Å²) < 4.78 is 5.39. The molecule has 0 aliphatic rings. The lowest BCUT2D eigenvalue weighted by molar-refractivity contribution is -0.126. The first kappa shape index (κ1) is 33.0. The summed E-state index contributed by atoms with van der Waals surface area (Å²) >= 11 is 0. The second-order valence-electron chi connectivity index (χ2n) is 9.62. The molecule has 1 aromatic rings. The lowest BCUT2D eigenvalue weighted by Gasteiger charge is -2.14. The Bertz CT molecular complexity index is 896. The summed E-state index contributed by atoms with van der Waals surface area (Å²) in [7, 11) is 1.78. The third-order valence-electron chi connectivity index (χ3n) is 6.33. The third kappa shape index (κ3) is 15.3. The summed E-state index contributed by atoms with van der Waals surface area (Å²) in [6, 6.07) is 7.57. The Hall–Kier alpha value is -3.00. The molecule has 8 heteroatoms. The average molecular weight is 530 g/mol. The highest BCUT2D eigenvalue weighted by atomic mass is 16.5. The number of hydrogen-bond donors (Lipinski definition) is 3. The molecule has 0 saturated heterocycles. The van der Waals surface area contributed by atoms with Gasteiger partial charge in [-0.3, -0.25) is 19.2 Å². The first-order valence-electron chi connectivity index (χ1n) is 13.9. The number of benzene rings is 1. The number of carbonyl (C=O) groups is 4. The van der Waals surface area contributed by atoms with Crippen molar-refractivity contribution in [2.24, 2.45) is 5.92 Å². The van der Waals surface area contributed by atoms with E-state index in [2.05, 4.69) is 22.9 Å². The largest absolute Gasteiger partial charge is 0.392 e. The highest BCUT2D eigenvalue weighted by molar-refractivity contribution is 5.91. The van der Waals surface area contributed by atoms with Gasteiger partial charge in [0.2, 0.25) is 11.8 Å². The van der Waals surface area contributed by atoms with Crippen LogP contribution in [0, 0.1) is 5.92 Å². The van der Waals surface area contributed by atoms with E-state index in [0.29, 0.717) is 51.2 Å². The van der Waals surface area contributed by atoms with Gasteiger partial charge in [-0.15, -0.1) is 0 Å². The average Bonchev–Trinajstić information content (AvgIpc) is 2.91. The summed E-state index contributed by atoms with van der Waals surface area (Å²) in [6.07, 6.45) is 8.09. The number of carbonyl (C=O) groups excluding carboxylic acids is 4. The van der Waals surface area contributed by atoms with Gasteiger partial charge in [0.25, 0.3) is 0 Å². The molecule has 0 bridgehead atoms. The number of allylic oxidation sites excluding steroid dienone is 2. The number of hydrogen-bond acceptors (Lipinski definition) is 6. The van der Waals surface area contributed by atoms with Gasteiger partial charge >= 0.3 is 0 Å². The number of ether oxygens (including phenoxy) is 1. The number of ketones is 2. The molecule has 1 atom stereocenters. The van der Waals surface area contributed by atoms with Crippen molar-refractivity contribution in [1.29, 1.82) is 0 Å². The van der Waals surface area contributed by atoms with Crippen LogP contribution in [0.15, 0.2) is 36.0 Å². The Morgan fingerprint density at radius 2 is 1.63 bits per heavy atom. The van der Waals surface area contributed by atoms with Gasteiger partial charge in [-0.2, -0.15) is 0 Å². The van der Waals surface area contributed by atoms with Crippen LogP contribution in [-0.4, -0.2) is 50.2 Å². The van der Waals surface area contributed by atoms with E-state index >= 15 is 0 Å². The lowest BCUT2D eigenvalue weighted by atomic mass is 9.91. The molecular weight excluding hydrogens is 482 g/mol. The molecule has 0 radical (unpaired) electrons. The van der Waals surface area contributed by atoms with E-state index in [1.807, 2.05) is 38.1 Å². The molecule has 3 N–H and O–H groups in total. The van der Waals surface area contributed by atoms with E-state index in [4.69, 9.17) is 4.74 Å². The van der Waals surface area contributed by atoms with Gasteiger partial charge in [-0.1, -0.05) is 51.0 Å². The maximum atomic E-state index is 12.0. The maximum absolute atomic E-state index is 12.0. The molecule has 8 nitrogen and oxygen atoms in total. The molecule has 38 heavy (non-hydrogen) atoms. The smallest absolute Gasteiger partial charge is 0.246 e. The van der Waals surface area contributed by atoms with Gasteiger partial charge in [-0.05, 0) is 43.7 Å². The fourth-order valence-electron chi connectivity index (χ4n) is 4.03. The second kappa shape index (κ2) is 20.0. The molecular formula is C30H47N3O5. The minimum atomic E-state index is -0.218. The number of nitrogens with one attached hydrogen (secondary N) is 3. The van der Waals surface area contributed by atoms with Crippen LogP contribution in [0.25, 0.3) is 0 Å². The SMILES string of the molecule is CCCC(CCCCNC(=O)CCCOCC(=O)NCc1ccc(CC(=O)/C=C(/C)NC)cc1)C(=O)CC. The molecule has 0 aliphatic heterocycles. The van der Waals surface area contributed by atoms with Crippen LogP contribution in [0.2, 0.25) is 0 Å². The number of Topliss-reactive ketones (excluding diaryl/α,β-unsaturated/α-hetero) is 1. The lowest BCUT2D eigenvalue weighted by Crippen LogP contribution is -2.27. The molecule has 0 aromatic heterocycles. The fourth-order valence-corrected chi connectivity index (χ4v) is 4.03. The molecule has 2 amide bonds. The number of unbranched alkanes of at least 4 members (excludes halogenated alkanes) is 1. The zero-order valence-electron chi connectivity index (χ0n) is 23.7. The molecule has 0 aliphatic carbocycles.